The molecule has 0 fully saturated rings. The Morgan fingerprint density at radius 1 is 0.947 bits per heavy atom. The highest BCUT2D eigenvalue weighted by atomic mass is 15.1. The fraction of sp³-hybridized carbons (Fsp3) is 0.647. The topological polar surface area (TPSA) is 15.3 Å². The summed E-state index contributed by atoms with van der Waals surface area (Å²) in [5.41, 5.74) is 2.51. The number of para-hydroxylation sites is 2. The number of anilines is 2. The standard InChI is InChI=1S/C17H30N2/c1-13(2)11-15(12-14(3)4)18-16-9-7-8-10-17(16)19(5)6/h7-10,13-15,18H,11-12H2,1-6H3. The third-order valence-corrected chi connectivity index (χ3v) is 3.26. The summed E-state index contributed by atoms with van der Waals surface area (Å²) >= 11 is 0. The molecule has 19 heavy (non-hydrogen) atoms. The zero-order valence-corrected chi connectivity index (χ0v) is 13.4. The summed E-state index contributed by atoms with van der Waals surface area (Å²) in [5.74, 6) is 1.45. The van der Waals surface area contributed by atoms with E-state index in [1.165, 1.54) is 24.2 Å². The van der Waals surface area contributed by atoms with Crippen molar-refractivity contribution in [1.29, 1.82) is 0 Å². The van der Waals surface area contributed by atoms with Crippen molar-refractivity contribution in [1.82, 2.24) is 0 Å². The fourth-order valence-electron chi connectivity index (χ4n) is 2.56. The minimum atomic E-state index is 0.557. The molecule has 108 valence electrons. The van der Waals surface area contributed by atoms with Crippen molar-refractivity contribution in [2.75, 3.05) is 24.3 Å². The first-order valence-corrected chi connectivity index (χ1v) is 7.43. The molecule has 1 N–H and O–H groups in total. The van der Waals surface area contributed by atoms with Gasteiger partial charge in [-0.3, -0.25) is 0 Å². The van der Waals surface area contributed by atoms with Crippen molar-refractivity contribution in [2.24, 2.45) is 11.8 Å². The second-order valence-corrected chi connectivity index (χ2v) is 6.51. The van der Waals surface area contributed by atoms with E-state index in [1.807, 2.05) is 0 Å². The molecule has 1 rings (SSSR count). The Kier molecular flexibility index (Phi) is 6.20. The largest absolute Gasteiger partial charge is 0.381 e. The van der Waals surface area contributed by atoms with Crippen LogP contribution in [0.4, 0.5) is 11.4 Å². The van der Waals surface area contributed by atoms with Gasteiger partial charge in [-0.05, 0) is 36.8 Å². The maximum Gasteiger partial charge on any atom is 0.0596 e. The Hall–Kier alpha value is -1.18. The molecular formula is C17H30N2. The molecule has 2 heteroatoms. The third-order valence-electron chi connectivity index (χ3n) is 3.26. The first-order chi connectivity index (χ1) is 8.90. The smallest absolute Gasteiger partial charge is 0.0596 e. The summed E-state index contributed by atoms with van der Waals surface area (Å²) in [4.78, 5) is 2.17. The van der Waals surface area contributed by atoms with E-state index >= 15 is 0 Å². The molecule has 0 unspecified atom stereocenters. The number of benzene rings is 1. The Morgan fingerprint density at radius 2 is 1.47 bits per heavy atom. The van der Waals surface area contributed by atoms with Gasteiger partial charge in [-0.1, -0.05) is 39.8 Å². The monoisotopic (exact) mass is 262 g/mol. The molecule has 0 saturated heterocycles. The van der Waals surface area contributed by atoms with Gasteiger partial charge in [0.25, 0.3) is 0 Å². The average Bonchev–Trinajstić information content (AvgIpc) is 2.27. The van der Waals surface area contributed by atoms with E-state index in [0.29, 0.717) is 6.04 Å². The van der Waals surface area contributed by atoms with Crippen LogP contribution >= 0.6 is 0 Å². The predicted octanol–water partition coefficient (Wildman–Crippen LogP) is 4.63. The lowest BCUT2D eigenvalue weighted by molar-refractivity contribution is 0.442. The Balaban J connectivity index is 2.83. The molecule has 2 nitrogen and oxygen atoms in total. The zero-order chi connectivity index (χ0) is 14.4. The lowest BCUT2D eigenvalue weighted by atomic mass is 9.95. The summed E-state index contributed by atoms with van der Waals surface area (Å²) in [7, 11) is 4.20. The highest BCUT2D eigenvalue weighted by molar-refractivity contribution is 5.69. The van der Waals surface area contributed by atoms with Gasteiger partial charge in [-0.25, -0.2) is 0 Å². The highest BCUT2D eigenvalue weighted by Gasteiger charge is 2.14. The van der Waals surface area contributed by atoms with Gasteiger partial charge in [0.2, 0.25) is 0 Å². The molecule has 0 aliphatic carbocycles. The fourth-order valence-corrected chi connectivity index (χ4v) is 2.56. The molecule has 1 aromatic carbocycles. The zero-order valence-electron chi connectivity index (χ0n) is 13.4. The van der Waals surface area contributed by atoms with Crippen LogP contribution in [0.5, 0.6) is 0 Å². The number of nitrogens with one attached hydrogen (secondary N) is 1. The molecule has 0 aromatic heterocycles. The molecule has 0 heterocycles. The van der Waals surface area contributed by atoms with E-state index in [2.05, 4.69) is 76.3 Å². The summed E-state index contributed by atoms with van der Waals surface area (Å²) in [5, 5.41) is 3.75. The highest BCUT2D eigenvalue weighted by Crippen LogP contribution is 2.27. The van der Waals surface area contributed by atoms with Gasteiger partial charge in [-0.2, -0.15) is 0 Å². The van der Waals surface area contributed by atoms with Crippen molar-refractivity contribution < 1.29 is 0 Å². The summed E-state index contributed by atoms with van der Waals surface area (Å²) in [6, 6.07) is 9.12. The van der Waals surface area contributed by atoms with Crippen LogP contribution in [-0.2, 0) is 0 Å². The van der Waals surface area contributed by atoms with Gasteiger partial charge in [0, 0.05) is 20.1 Å². The number of hydrogen-bond donors (Lipinski definition) is 1. The Labute approximate surface area is 119 Å². The quantitative estimate of drug-likeness (QED) is 0.771. The summed E-state index contributed by atoms with van der Waals surface area (Å²) in [6.07, 6.45) is 2.44. The third kappa shape index (κ3) is 5.54. The van der Waals surface area contributed by atoms with Crippen LogP contribution in [0.3, 0.4) is 0 Å². The van der Waals surface area contributed by atoms with Gasteiger partial charge < -0.3 is 10.2 Å². The van der Waals surface area contributed by atoms with Crippen LogP contribution in [0.2, 0.25) is 0 Å². The normalized spacial score (nSPS) is 11.4. The maximum absolute atomic E-state index is 3.75. The van der Waals surface area contributed by atoms with Gasteiger partial charge in [-0.15, -0.1) is 0 Å². The molecule has 0 bridgehead atoms. The lowest BCUT2D eigenvalue weighted by Crippen LogP contribution is -2.25. The predicted molar refractivity (Wildman–Crippen MR) is 87.1 cm³/mol. The molecule has 0 amide bonds. The molecule has 1 aromatic rings. The molecule has 0 spiro atoms. The van der Waals surface area contributed by atoms with E-state index in [-0.39, 0.29) is 0 Å². The van der Waals surface area contributed by atoms with Crippen LogP contribution in [0.1, 0.15) is 40.5 Å². The summed E-state index contributed by atoms with van der Waals surface area (Å²) in [6.45, 7) is 9.19. The first-order valence-electron chi connectivity index (χ1n) is 7.43. The Morgan fingerprint density at radius 3 is 1.95 bits per heavy atom. The van der Waals surface area contributed by atoms with Crippen LogP contribution < -0.4 is 10.2 Å². The minimum absolute atomic E-state index is 0.557. The second kappa shape index (κ2) is 7.42. The van der Waals surface area contributed by atoms with E-state index in [0.717, 1.165) is 11.8 Å². The van der Waals surface area contributed by atoms with Gasteiger partial charge in [0.1, 0.15) is 0 Å². The second-order valence-electron chi connectivity index (χ2n) is 6.51. The van der Waals surface area contributed by atoms with E-state index in [1.54, 1.807) is 0 Å². The average molecular weight is 262 g/mol. The lowest BCUT2D eigenvalue weighted by Gasteiger charge is -2.26. The van der Waals surface area contributed by atoms with Crippen molar-refractivity contribution in [3.63, 3.8) is 0 Å². The van der Waals surface area contributed by atoms with Crippen LogP contribution in [0.15, 0.2) is 24.3 Å². The van der Waals surface area contributed by atoms with Crippen molar-refractivity contribution in [3.05, 3.63) is 24.3 Å². The van der Waals surface area contributed by atoms with E-state index in [4.69, 9.17) is 0 Å². The van der Waals surface area contributed by atoms with Crippen molar-refractivity contribution in [2.45, 2.75) is 46.6 Å². The SMILES string of the molecule is CC(C)CC(CC(C)C)Nc1ccccc1N(C)C. The number of rotatable bonds is 7. The first kappa shape index (κ1) is 15.9. The van der Waals surface area contributed by atoms with Crippen LogP contribution in [-0.4, -0.2) is 20.1 Å². The van der Waals surface area contributed by atoms with Crippen LogP contribution in [0.25, 0.3) is 0 Å². The number of nitrogens with zero attached hydrogens (tertiary/aromatic N) is 1. The van der Waals surface area contributed by atoms with Gasteiger partial charge in [0.15, 0.2) is 0 Å². The van der Waals surface area contributed by atoms with E-state index < -0.39 is 0 Å². The maximum atomic E-state index is 3.75. The van der Waals surface area contributed by atoms with Crippen molar-refractivity contribution in [3.8, 4) is 0 Å². The van der Waals surface area contributed by atoms with Crippen LogP contribution in [0, 0.1) is 11.8 Å². The van der Waals surface area contributed by atoms with Gasteiger partial charge in [0.05, 0.1) is 11.4 Å². The molecule has 0 radical (unpaired) electrons. The molecule has 0 saturated carbocycles. The van der Waals surface area contributed by atoms with E-state index in [9.17, 15) is 0 Å². The molecule has 0 aliphatic heterocycles. The van der Waals surface area contributed by atoms with Gasteiger partial charge >= 0.3 is 0 Å². The summed E-state index contributed by atoms with van der Waals surface area (Å²) < 4.78 is 0. The minimum Gasteiger partial charge on any atom is -0.381 e. The number of hydrogen-bond acceptors (Lipinski definition) is 2. The molecular weight excluding hydrogens is 232 g/mol. The molecule has 0 aliphatic rings. The molecule has 0 atom stereocenters. The Bertz CT molecular complexity index is 359. The van der Waals surface area contributed by atoms with Crippen molar-refractivity contribution >= 4 is 11.4 Å².